The Kier molecular flexibility index (Phi) is 4.66. The van der Waals surface area contributed by atoms with E-state index in [-0.39, 0.29) is 5.69 Å². The molecular weight excluding hydrogens is 398 g/mol. The molecule has 1 N–H and O–H groups in total. The highest BCUT2D eigenvalue weighted by molar-refractivity contribution is 7.38. The molecule has 0 atom stereocenters. The van der Waals surface area contributed by atoms with Gasteiger partial charge in [0.2, 0.25) is 5.69 Å². The van der Waals surface area contributed by atoms with Gasteiger partial charge in [-0.15, -0.1) is 4.40 Å². The van der Waals surface area contributed by atoms with Crippen LogP contribution in [0, 0.1) is 0 Å². The van der Waals surface area contributed by atoms with Crippen molar-refractivity contribution in [1.82, 2.24) is 0 Å². The Bertz CT molecular complexity index is 1160. The summed E-state index contributed by atoms with van der Waals surface area (Å²) in [7, 11) is 3.18. The highest BCUT2D eigenvalue weighted by atomic mass is 32.2. The summed E-state index contributed by atoms with van der Waals surface area (Å²) in [6.45, 7) is 0. The number of ether oxygens (including phenoxy) is 2. The molecule has 2 heterocycles. The number of carboxylic acid groups (broad SMARTS) is 1. The Morgan fingerprint density at radius 3 is 1.96 bits per heavy atom. The van der Waals surface area contributed by atoms with E-state index in [1.165, 1.54) is 11.3 Å². The molecule has 0 aliphatic carbocycles. The van der Waals surface area contributed by atoms with Crippen molar-refractivity contribution in [1.29, 1.82) is 0 Å². The SMILES string of the molecule is COc1ccc(-c2sc3sc([O-])c(C(=O)O)[n+]3c2-c2ccc(OC)cc2)cc1. The monoisotopic (exact) mass is 413 g/mol. The lowest BCUT2D eigenvalue weighted by atomic mass is 10.1. The number of fused-ring (bicyclic) bond motifs is 1. The van der Waals surface area contributed by atoms with E-state index in [4.69, 9.17) is 9.47 Å². The number of thiazole rings is 2. The summed E-state index contributed by atoms with van der Waals surface area (Å²) in [5, 5.41) is 21.4. The van der Waals surface area contributed by atoms with E-state index in [2.05, 4.69) is 0 Å². The van der Waals surface area contributed by atoms with Gasteiger partial charge in [0.15, 0.2) is 0 Å². The van der Waals surface area contributed by atoms with Crippen LogP contribution in [0.5, 0.6) is 16.6 Å². The van der Waals surface area contributed by atoms with Crippen LogP contribution in [0.25, 0.3) is 25.8 Å². The van der Waals surface area contributed by atoms with Crippen LogP contribution in [0.4, 0.5) is 0 Å². The van der Waals surface area contributed by atoms with Crippen LogP contribution in [0.15, 0.2) is 48.5 Å². The lowest BCUT2D eigenvalue weighted by Crippen LogP contribution is -2.28. The molecule has 4 aromatic rings. The number of hydrogen-bond donors (Lipinski definition) is 1. The van der Waals surface area contributed by atoms with Crippen LogP contribution in [0.1, 0.15) is 10.5 Å². The minimum atomic E-state index is -1.24. The zero-order valence-corrected chi connectivity index (χ0v) is 16.6. The maximum absolute atomic E-state index is 12.2. The Hall–Kier alpha value is -3.10. The zero-order chi connectivity index (χ0) is 19.8. The number of aromatic nitrogens is 1. The second-order valence-corrected chi connectivity index (χ2v) is 8.10. The highest BCUT2D eigenvalue weighted by Gasteiger charge is 2.33. The molecule has 28 heavy (non-hydrogen) atoms. The number of carbonyl (C=O) groups is 1. The first-order valence-electron chi connectivity index (χ1n) is 8.24. The zero-order valence-electron chi connectivity index (χ0n) is 15.0. The van der Waals surface area contributed by atoms with E-state index < -0.39 is 11.0 Å². The molecule has 8 heteroatoms. The van der Waals surface area contributed by atoms with Gasteiger partial charge in [-0.3, -0.25) is 0 Å². The lowest BCUT2D eigenvalue weighted by molar-refractivity contribution is -0.498. The predicted octanol–water partition coefficient (Wildman–Crippen LogP) is 3.67. The van der Waals surface area contributed by atoms with Crippen LogP contribution < -0.4 is 19.0 Å². The summed E-state index contributed by atoms with van der Waals surface area (Å²) < 4.78 is 12.6. The Morgan fingerprint density at radius 2 is 1.46 bits per heavy atom. The third kappa shape index (κ3) is 2.96. The molecule has 142 valence electrons. The molecule has 2 aromatic carbocycles. The van der Waals surface area contributed by atoms with Crippen molar-refractivity contribution in [3.05, 3.63) is 54.2 Å². The summed E-state index contributed by atoms with van der Waals surface area (Å²) in [5.74, 6) is 0.184. The molecule has 0 radical (unpaired) electrons. The van der Waals surface area contributed by atoms with E-state index in [9.17, 15) is 15.0 Å². The number of aromatic carboxylic acids is 1. The highest BCUT2D eigenvalue weighted by Crippen LogP contribution is 2.41. The van der Waals surface area contributed by atoms with Crippen molar-refractivity contribution in [3.8, 4) is 38.3 Å². The maximum atomic E-state index is 12.2. The normalized spacial score (nSPS) is 10.9. The summed E-state index contributed by atoms with van der Waals surface area (Å²) >= 11 is 2.34. The molecule has 0 aliphatic heterocycles. The fourth-order valence-corrected chi connectivity index (χ4v) is 5.35. The standard InChI is InChI=1S/C20H15NO5S2/c1-25-13-7-3-11(4-8-13)15-17(12-5-9-14(26-2)10-6-12)27-20-21(15)16(18(22)23)19(24)28-20/h3-10H,1-2H3,(H-,22,23,24). The molecule has 0 aliphatic rings. The molecule has 0 fully saturated rings. The molecule has 6 nitrogen and oxygen atoms in total. The van der Waals surface area contributed by atoms with Gasteiger partial charge in [-0.1, -0.05) is 11.3 Å². The third-order valence-electron chi connectivity index (χ3n) is 4.33. The molecule has 0 unspecified atom stereocenters. The second-order valence-electron chi connectivity index (χ2n) is 5.88. The number of benzene rings is 2. The molecule has 0 saturated carbocycles. The second kappa shape index (κ2) is 7.14. The Morgan fingerprint density at radius 1 is 0.929 bits per heavy atom. The first kappa shape index (κ1) is 18.3. The van der Waals surface area contributed by atoms with Crippen molar-refractivity contribution < 1.29 is 28.9 Å². The van der Waals surface area contributed by atoms with Gasteiger partial charge in [0.25, 0.3) is 0 Å². The number of rotatable bonds is 5. The van der Waals surface area contributed by atoms with Crippen molar-refractivity contribution in [2.45, 2.75) is 0 Å². The first-order valence-corrected chi connectivity index (χ1v) is 9.87. The van der Waals surface area contributed by atoms with Crippen molar-refractivity contribution in [2.24, 2.45) is 0 Å². The van der Waals surface area contributed by atoms with Crippen LogP contribution >= 0.6 is 22.7 Å². The van der Waals surface area contributed by atoms with Crippen LogP contribution in [0.3, 0.4) is 0 Å². The predicted molar refractivity (Wildman–Crippen MR) is 106 cm³/mol. The summed E-state index contributed by atoms with van der Waals surface area (Å²) in [4.78, 5) is 12.6. The molecule has 2 aromatic heterocycles. The fourth-order valence-electron chi connectivity index (χ4n) is 2.99. The van der Waals surface area contributed by atoms with Gasteiger partial charge >= 0.3 is 15.8 Å². The fraction of sp³-hybridized carbons (Fsp3) is 0.100. The maximum Gasteiger partial charge on any atom is 0.402 e. The van der Waals surface area contributed by atoms with E-state index in [1.807, 2.05) is 48.5 Å². The summed E-state index contributed by atoms with van der Waals surface area (Å²) in [5.41, 5.74) is 2.13. The van der Waals surface area contributed by atoms with Crippen LogP contribution in [-0.4, -0.2) is 25.3 Å². The Labute approximate surface area is 168 Å². The third-order valence-corrected chi connectivity index (χ3v) is 6.55. The van der Waals surface area contributed by atoms with Crippen molar-refractivity contribution in [2.75, 3.05) is 14.2 Å². The van der Waals surface area contributed by atoms with Gasteiger partial charge in [0.1, 0.15) is 16.4 Å². The summed E-state index contributed by atoms with van der Waals surface area (Å²) in [6.07, 6.45) is 0. The van der Waals surface area contributed by atoms with E-state index in [0.29, 0.717) is 15.6 Å². The summed E-state index contributed by atoms with van der Waals surface area (Å²) in [6, 6.07) is 14.9. The van der Waals surface area contributed by atoms with Gasteiger partial charge in [0, 0.05) is 10.6 Å². The van der Waals surface area contributed by atoms with Gasteiger partial charge in [-0.05, 0) is 65.4 Å². The molecular formula is C20H15NO5S2. The van der Waals surface area contributed by atoms with E-state index in [0.717, 1.165) is 33.1 Å². The first-order chi connectivity index (χ1) is 13.5. The number of methoxy groups -OCH3 is 2. The largest absolute Gasteiger partial charge is 0.860 e. The van der Waals surface area contributed by atoms with Crippen molar-refractivity contribution in [3.63, 3.8) is 0 Å². The average molecular weight is 413 g/mol. The van der Waals surface area contributed by atoms with E-state index >= 15 is 0 Å². The lowest BCUT2D eigenvalue weighted by Gasteiger charge is -2.04. The minimum Gasteiger partial charge on any atom is -0.860 e. The van der Waals surface area contributed by atoms with Gasteiger partial charge in [-0.2, -0.15) is 0 Å². The minimum absolute atomic E-state index is 0.248. The number of carboxylic acids is 1. The number of hydrogen-bond acceptors (Lipinski definition) is 6. The van der Waals surface area contributed by atoms with Gasteiger partial charge in [-0.25, -0.2) is 4.79 Å². The quantitative estimate of drug-likeness (QED) is 0.505. The average Bonchev–Trinajstić information content (AvgIpc) is 3.22. The van der Waals surface area contributed by atoms with E-state index in [1.54, 1.807) is 18.6 Å². The number of nitrogens with zero attached hydrogens (tertiary/aromatic N) is 1. The van der Waals surface area contributed by atoms with Gasteiger partial charge in [0.05, 0.1) is 14.2 Å². The van der Waals surface area contributed by atoms with Crippen molar-refractivity contribution >= 4 is 32.8 Å². The molecule has 4 rings (SSSR count). The van der Waals surface area contributed by atoms with Crippen LogP contribution in [-0.2, 0) is 0 Å². The molecule has 0 amide bonds. The topological polar surface area (TPSA) is 82.9 Å². The molecule has 0 bridgehead atoms. The molecule has 0 saturated heterocycles. The molecule has 0 spiro atoms. The van der Waals surface area contributed by atoms with Crippen LogP contribution in [0.2, 0.25) is 0 Å². The smallest absolute Gasteiger partial charge is 0.402 e. The Balaban J connectivity index is 2.02. The van der Waals surface area contributed by atoms with Gasteiger partial charge < -0.3 is 19.7 Å².